The van der Waals surface area contributed by atoms with Crippen molar-refractivity contribution in [1.29, 1.82) is 0 Å². The molecule has 0 aliphatic carbocycles. The highest BCUT2D eigenvalue weighted by Crippen LogP contribution is 2.32. The van der Waals surface area contributed by atoms with Gasteiger partial charge in [-0.05, 0) is 29.4 Å². The highest BCUT2D eigenvalue weighted by atomic mass is 16.2. The topological polar surface area (TPSA) is 63.1 Å². The lowest BCUT2D eigenvalue weighted by Gasteiger charge is -2.25. The van der Waals surface area contributed by atoms with E-state index in [9.17, 15) is 4.79 Å². The molecule has 0 radical (unpaired) electrons. The monoisotopic (exact) mass is 401 g/mol. The van der Waals surface area contributed by atoms with Gasteiger partial charge in [-0.2, -0.15) is 0 Å². The van der Waals surface area contributed by atoms with E-state index in [1.54, 1.807) is 0 Å². The van der Waals surface area contributed by atoms with E-state index < -0.39 is 0 Å². The normalized spacial score (nSPS) is 20.5. The molecule has 1 aromatic heterocycles. The maximum absolute atomic E-state index is 12.7. The standard InChI is InChI=1S/C24H27N5O/c30-24(25-14-19-9-5-2-6-10-19)23-27-26-22-13-20-15-28(16-21(20)17-29(22)23)12-11-18-7-3-1-4-8-18/h1-10,20-21H,11-17H2,(H,25,30)/t20-,21-/m0/s1. The van der Waals surface area contributed by atoms with Gasteiger partial charge in [-0.15, -0.1) is 10.2 Å². The minimum absolute atomic E-state index is 0.144. The van der Waals surface area contributed by atoms with Gasteiger partial charge in [-0.1, -0.05) is 60.7 Å². The van der Waals surface area contributed by atoms with Crippen molar-refractivity contribution in [2.45, 2.75) is 25.9 Å². The SMILES string of the molecule is O=C(NCc1ccccc1)c1nnc2n1C[C@@H]1CN(CCc3ccccc3)C[C@@H]1C2. The van der Waals surface area contributed by atoms with Crippen molar-refractivity contribution in [1.82, 2.24) is 25.0 Å². The van der Waals surface area contributed by atoms with E-state index in [2.05, 4.69) is 50.7 Å². The zero-order valence-corrected chi connectivity index (χ0v) is 17.1. The van der Waals surface area contributed by atoms with Crippen LogP contribution in [0.4, 0.5) is 0 Å². The lowest BCUT2D eigenvalue weighted by molar-refractivity contribution is 0.0932. The van der Waals surface area contributed by atoms with Gasteiger partial charge in [0.15, 0.2) is 0 Å². The maximum atomic E-state index is 12.7. The van der Waals surface area contributed by atoms with E-state index in [0.29, 0.717) is 24.2 Å². The molecule has 2 aliphatic rings. The molecule has 154 valence electrons. The maximum Gasteiger partial charge on any atom is 0.289 e. The number of rotatable bonds is 6. The van der Waals surface area contributed by atoms with Crippen molar-refractivity contribution in [3.8, 4) is 0 Å². The smallest absolute Gasteiger partial charge is 0.289 e. The summed E-state index contributed by atoms with van der Waals surface area (Å²) in [6.07, 6.45) is 1.99. The minimum Gasteiger partial charge on any atom is -0.345 e. The van der Waals surface area contributed by atoms with Crippen molar-refractivity contribution in [2.75, 3.05) is 19.6 Å². The minimum atomic E-state index is -0.144. The van der Waals surface area contributed by atoms with Crippen LogP contribution >= 0.6 is 0 Å². The molecule has 3 aromatic rings. The van der Waals surface area contributed by atoms with Crippen molar-refractivity contribution >= 4 is 5.91 Å². The molecule has 2 aromatic carbocycles. The average molecular weight is 402 g/mol. The molecule has 0 spiro atoms. The second kappa shape index (κ2) is 8.40. The van der Waals surface area contributed by atoms with Crippen molar-refractivity contribution in [3.63, 3.8) is 0 Å². The van der Waals surface area contributed by atoms with Crippen LogP contribution in [-0.4, -0.2) is 45.2 Å². The molecule has 6 nitrogen and oxygen atoms in total. The van der Waals surface area contributed by atoms with Crippen molar-refractivity contribution < 1.29 is 4.79 Å². The average Bonchev–Trinajstić information content (AvgIpc) is 3.38. The lowest BCUT2D eigenvalue weighted by Crippen LogP contribution is -2.32. The lowest BCUT2D eigenvalue weighted by atomic mass is 9.89. The molecule has 5 rings (SSSR count). The highest BCUT2D eigenvalue weighted by Gasteiger charge is 2.38. The third-order valence-corrected chi connectivity index (χ3v) is 6.40. The third-order valence-electron chi connectivity index (χ3n) is 6.40. The van der Waals surface area contributed by atoms with Crippen LogP contribution < -0.4 is 5.32 Å². The van der Waals surface area contributed by atoms with Gasteiger partial charge < -0.3 is 14.8 Å². The van der Waals surface area contributed by atoms with Gasteiger partial charge in [0.25, 0.3) is 5.91 Å². The molecule has 0 bridgehead atoms. The van der Waals surface area contributed by atoms with E-state index in [1.807, 2.05) is 34.9 Å². The van der Waals surface area contributed by atoms with Crippen LogP contribution in [0.1, 0.15) is 27.6 Å². The van der Waals surface area contributed by atoms with Gasteiger partial charge in [0.05, 0.1) is 0 Å². The molecule has 6 heteroatoms. The number of aromatic nitrogens is 3. The Morgan fingerprint density at radius 2 is 1.60 bits per heavy atom. The predicted octanol–water partition coefficient (Wildman–Crippen LogP) is 2.55. The largest absolute Gasteiger partial charge is 0.345 e. The van der Waals surface area contributed by atoms with E-state index >= 15 is 0 Å². The Hall–Kier alpha value is -2.99. The van der Waals surface area contributed by atoms with E-state index in [0.717, 1.165) is 50.4 Å². The number of carbonyl (C=O) groups is 1. The summed E-state index contributed by atoms with van der Waals surface area (Å²) in [5.41, 5.74) is 2.47. The summed E-state index contributed by atoms with van der Waals surface area (Å²) in [6, 6.07) is 20.6. The molecule has 0 unspecified atom stereocenters. The van der Waals surface area contributed by atoms with Crippen LogP contribution in [0.5, 0.6) is 0 Å². The summed E-state index contributed by atoms with van der Waals surface area (Å²) in [5, 5.41) is 11.6. The summed E-state index contributed by atoms with van der Waals surface area (Å²) >= 11 is 0. The summed E-state index contributed by atoms with van der Waals surface area (Å²) in [6.45, 7) is 4.62. The molecule has 1 amide bonds. The molecule has 2 aliphatic heterocycles. The van der Waals surface area contributed by atoms with Crippen LogP contribution in [-0.2, 0) is 25.9 Å². The fraction of sp³-hybridized carbons (Fsp3) is 0.375. The summed E-state index contributed by atoms with van der Waals surface area (Å²) < 4.78 is 2.04. The van der Waals surface area contributed by atoms with Crippen LogP contribution in [0.3, 0.4) is 0 Å². The number of hydrogen-bond donors (Lipinski definition) is 1. The number of nitrogens with one attached hydrogen (secondary N) is 1. The number of nitrogens with zero attached hydrogens (tertiary/aromatic N) is 4. The molecule has 30 heavy (non-hydrogen) atoms. The second-order valence-corrected chi connectivity index (χ2v) is 8.44. The Morgan fingerprint density at radius 3 is 2.37 bits per heavy atom. The summed E-state index contributed by atoms with van der Waals surface area (Å²) in [4.78, 5) is 15.3. The third kappa shape index (κ3) is 4.00. The fourth-order valence-electron chi connectivity index (χ4n) is 4.76. The number of amides is 1. The predicted molar refractivity (Wildman–Crippen MR) is 115 cm³/mol. The Labute approximate surface area is 176 Å². The number of hydrogen-bond acceptors (Lipinski definition) is 4. The van der Waals surface area contributed by atoms with Gasteiger partial charge >= 0.3 is 0 Å². The number of benzene rings is 2. The van der Waals surface area contributed by atoms with Gasteiger partial charge in [0.1, 0.15) is 5.82 Å². The number of fused-ring (bicyclic) bond motifs is 2. The number of carbonyl (C=O) groups excluding carboxylic acids is 1. The van der Waals surface area contributed by atoms with E-state index in [4.69, 9.17) is 0 Å². The van der Waals surface area contributed by atoms with Crippen LogP contribution in [0.25, 0.3) is 0 Å². The van der Waals surface area contributed by atoms with Crippen LogP contribution in [0, 0.1) is 11.8 Å². The quantitative estimate of drug-likeness (QED) is 0.690. The first kappa shape index (κ1) is 19.0. The van der Waals surface area contributed by atoms with Gasteiger partial charge in [-0.3, -0.25) is 4.79 Å². The first-order valence-electron chi connectivity index (χ1n) is 10.8. The number of likely N-dealkylation sites (tertiary alicyclic amines) is 1. The fourth-order valence-corrected chi connectivity index (χ4v) is 4.76. The van der Waals surface area contributed by atoms with Crippen LogP contribution in [0.2, 0.25) is 0 Å². The molecule has 1 fully saturated rings. The van der Waals surface area contributed by atoms with Crippen LogP contribution in [0.15, 0.2) is 60.7 Å². The zero-order valence-electron chi connectivity index (χ0n) is 17.1. The van der Waals surface area contributed by atoms with Gasteiger partial charge in [-0.25, -0.2) is 0 Å². The second-order valence-electron chi connectivity index (χ2n) is 8.44. The molecule has 0 saturated carbocycles. The van der Waals surface area contributed by atoms with E-state index in [1.165, 1.54) is 5.56 Å². The van der Waals surface area contributed by atoms with Gasteiger partial charge in [0.2, 0.25) is 5.82 Å². The van der Waals surface area contributed by atoms with Crippen molar-refractivity contribution in [3.05, 3.63) is 83.4 Å². The molecular weight excluding hydrogens is 374 g/mol. The summed E-state index contributed by atoms with van der Waals surface area (Å²) in [5.74, 6) is 2.42. The highest BCUT2D eigenvalue weighted by molar-refractivity contribution is 5.90. The first-order valence-corrected chi connectivity index (χ1v) is 10.8. The molecule has 1 saturated heterocycles. The molecule has 3 heterocycles. The zero-order chi connectivity index (χ0) is 20.3. The summed E-state index contributed by atoms with van der Waals surface area (Å²) in [7, 11) is 0. The molecule has 1 N–H and O–H groups in total. The van der Waals surface area contributed by atoms with Crippen molar-refractivity contribution in [2.24, 2.45) is 11.8 Å². The Bertz CT molecular complexity index is 1000. The Kier molecular flexibility index (Phi) is 5.32. The molecular formula is C24H27N5O. The van der Waals surface area contributed by atoms with E-state index in [-0.39, 0.29) is 5.91 Å². The Balaban J connectivity index is 1.20. The Morgan fingerprint density at radius 1 is 0.900 bits per heavy atom. The molecule has 2 atom stereocenters. The first-order chi connectivity index (χ1) is 14.8. The van der Waals surface area contributed by atoms with Gasteiger partial charge in [0, 0.05) is 39.1 Å².